The second-order valence-corrected chi connectivity index (χ2v) is 3.32. The van der Waals surface area contributed by atoms with E-state index in [1.807, 2.05) is 0 Å². The molecule has 0 aromatic carbocycles. The van der Waals surface area contributed by atoms with Gasteiger partial charge in [-0.3, -0.25) is 0 Å². The van der Waals surface area contributed by atoms with Crippen LogP contribution in [0, 0.1) is 0 Å². The summed E-state index contributed by atoms with van der Waals surface area (Å²) in [5, 5.41) is 0.356. The molecule has 1 unspecified atom stereocenters. The highest BCUT2D eigenvalue weighted by atomic mass is 79.9. The summed E-state index contributed by atoms with van der Waals surface area (Å²) in [4.78, 5) is 0. The number of rotatable bonds is 0. The molecule has 0 saturated heterocycles. The summed E-state index contributed by atoms with van der Waals surface area (Å²) >= 11 is 9.08. The maximum Gasteiger partial charge on any atom is 0.0416 e. The molecule has 0 amide bonds. The van der Waals surface area contributed by atoms with Gasteiger partial charge in [-0.2, -0.15) is 0 Å². The normalized spacial score (nSPS) is 30.6. The van der Waals surface area contributed by atoms with E-state index >= 15 is 0 Å². The fraction of sp³-hybridized carbons (Fsp3) is 0.600. The summed E-state index contributed by atoms with van der Waals surface area (Å²) in [5.41, 5.74) is 0. The van der Waals surface area contributed by atoms with E-state index in [4.69, 9.17) is 11.6 Å². The monoisotopic (exact) mass is 180 g/mol. The smallest absolute Gasteiger partial charge is 0.0416 e. The van der Waals surface area contributed by atoms with Crippen molar-refractivity contribution in [1.29, 1.82) is 0 Å². The van der Waals surface area contributed by atoms with Crippen LogP contribution >= 0.6 is 27.5 Å². The van der Waals surface area contributed by atoms with E-state index in [0.29, 0.717) is 5.38 Å². The third-order valence-corrected chi connectivity index (χ3v) is 1.99. The minimum absolute atomic E-state index is 0.356. The lowest BCUT2D eigenvalue weighted by molar-refractivity contribution is 0.937. The highest BCUT2D eigenvalue weighted by Gasteiger charge is 2.10. The van der Waals surface area contributed by atoms with Gasteiger partial charge >= 0.3 is 0 Å². The van der Waals surface area contributed by atoms with Crippen LogP contribution in [0.1, 0.15) is 12.8 Å². The van der Waals surface area contributed by atoms with Crippen LogP contribution in [0.25, 0.3) is 0 Å². The van der Waals surface area contributed by atoms with E-state index in [1.54, 1.807) is 0 Å². The Morgan fingerprint density at radius 1 is 1.86 bits per heavy atom. The summed E-state index contributed by atoms with van der Waals surface area (Å²) in [5.74, 6) is 0. The van der Waals surface area contributed by atoms with E-state index in [1.165, 1.54) is 4.48 Å². The number of hydrogen-bond donors (Lipinski definition) is 0. The van der Waals surface area contributed by atoms with Crippen molar-refractivity contribution in [2.45, 2.75) is 18.2 Å². The molecule has 0 heterocycles. The Morgan fingerprint density at radius 2 is 2.57 bits per heavy atom. The van der Waals surface area contributed by atoms with Crippen molar-refractivity contribution in [2.24, 2.45) is 0 Å². The van der Waals surface area contributed by atoms with Crippen LogP contribution in [0.4, 0.5) is 0 Å². The van der Waals surface area contributed by atoms with Gasteiger partial charge in [0.1, 0.15) is 0 Å². The first kappa shape index (κ1) is 5.64. The van der Waals surface area contributed by atoms with Crippen molar-refractivity contribution < 1.29 is 0 Å². The van der Waals surface area contributed by atoms with Gasteiger partial charge in [-0.05, 0) is 17.3 Å². The molecule has 40 valence electrons. The van der Waals surface area contributed by atoms with Gasteiger partial charge in [-0.1, -0.05) is 22.0 Å². The molecule has 1 aliphatic rings. The molecule has 0 radical (unpaired) electrons. The van der Waals surface area contributed by atoms with E-state index in [-0.39, 0.29) is 0 Å². The highest BCUT2D eigenvalue weighted by molar-refractivity contribution is 9.11. The predicted molar refractivity (Wildman–Crippen MR) is 35.9 cm³/mol. The predicted octanol–water partition coefficient (Wildman–Crippen LogP) is 2.67. The zero-order valence-electron chi connectivity index (χ0n) is 3.82. The molecule has 7 heavy (non-hydrogen) atoms. The molecule has 2 heteroatoms. The lowest BCUT2D eigenvalue weighted by Gasteiger charge is -1.91. The molecule has 0 fully saturated rings. The molecule has 0 N–H and O–H groups in total. The Labute approximate surface area is 56.7 Å². The second kappa shape index (κ2) is 2.19. The van der Waals surface area contributed by atoms with Crippen molar-refractivity contribution >= 4 is 27.5 Å². The molecule has 0 nitrogen and oxygen atoms in total. The molecule has 0 bridgehead atoms. The zero-order chi connectivity index (χ0) is 5.28. The Morgan fingerprint density at radius 3 is 2.71 bits per heavy atom. The minimum Gasteiger partial charge on any atom is -0.122 e. The fourth-order valence-electron chi connectivity index (χ4n) is 0.634. The molecule has 0 aliphatic heterocycles. The van der Waals surface area contributed by atoms with Gasteiger partial charge < -0.3 is 0 Å². The van der Waals surface area contributed by atoms with Crippen LogP contribution in [-0.4, -0.2) is 5.38 Å². The van der Waals surface area contributed by atoms with Crippen LogP contribution in [0.3, 0.4) is 0 Å². The molecular formula is C5H6BrCl. The quantitative estimate of drug-likeness (QED) is 0.504. The van der Waals surface area contributed by atoms with Crippen LogP contribution in [0.2, 0.25) is 0 Å². The second-order valence-electron chi connectivity index (χ2n) is 1.69. The van der Waals surface area contributed by atoms with E-state index in [9.17, 15) is 0 Å². The van der Waals surface area contributed by atoms with E-state index in [0.717, 1.165) is 12.8 Å². The molecule has 0 aromatic heterocycles. The van der Waals surface area contributed by atoms with E-state index < -0.39 is 0 Å². The van der Waals surface area contributed by atoms with Gasteiger partial charge in [0.15, 0.2) is 0 Å². The fourth-order valence-corrected chi connectivity index (χ4v) is 1.65. The molecule has 0 aromatic rings. The standard InChI is InChI=1S/C5H6BrCl/c6-4-1-2-5(7)3-4/h1,5H,2-3H2. The third-order valence-electron chi connectivity index (χ3n) is 1.01. The minimum atomic E-state index is 0.356. The van der Waals surface area contributed by atoms with Crippen molar-refractivity contribution in [3.8, 4) is 0 Å². The first-order chi connectivity index (χ1) is 3.29. The van der Waals surface area contributed by atoms with Crippen molar-refractivity contribution in [3.05, 3.63) is 10.6 Å². The number of halogens is 2. The van der Waals surface area contributed by atoms with Gasteiger partial charge in [0.25, 0.3) is 0 Å². The molecule has 1 aliphatic carbocycles. The number of alkyl halides is 1. The molecule has 0 spiro atoms. The average molecular weight is 181 g/mol. The Bertz CT molecular complexity index is 98.3. The van der Waals surface area contributed by atoms with Gasteiger partial charge in [0, 0.05) is 5.38 Å². The number of allylic oxidation sites excluding steroid dienone is 2. The van der Waals surface area contributed by atoms with Crippen molar-refractivity contribution in [1.82, 2.24) is 0 Å². The van der Waals surface area contributed by atoms with Crippen LogP contribution in [0.15, 0.2) is 10.6 Å². The Balaban J connectivity index is 2.42. The van der Waals surface area contributed by atoms with Gasteiger partial charge in [-0.25, -0.2) is 0 Å². The Hall–Kier alpha value is 0.510. The zero-order valence-corrected chi connectivity index (χ0v) is 6.17. The maximum atomic E-state index is 5.72. The molecule has 1 rings (SSSR count). The lowest BCUT2D eigenvalue weighted by Crippen LogP contribution is -1.85. The maximum absolute atomic E-state index is 5.72. The van der Waals surface area contributed by atoms with Gasteiger partial charge in [0.05, 0.1) is 0 Å². The highest BCUT2D eigenvalue weighted by Crippen LogP contribution is 2.26. The summed E-state index contributed by atoms with van der Waals surface area (Å²) < 4.78 is 1.26. The van der Waals surface area contributed by atoms with Crippen molar-refractivity contribution in [2.75, 3.05) is 0 Å². The lowest BCUT2D eigenvalue weighted by atomic mass is 10.4. The largest absolute Gasteiger partial charge is 0.122 e. The number of hydrogen-bond acceptors (Lipinski definition) is 0. The first-order valence-electron chi connectivity index (χ1n) is 2.27. The van der Waals surface area contributed by atoms with Crippen LogP contribution in [0.5, 0.6) is 0 Å². The first-order valence-corrected chi connectivity index (χ1v) is 3.50. The van der Waals surface area contributed by atoms with Crippen LogP contribution in [-0.2, 0) is 0 Å². The summed E-state index contributed by atoms with van der Waals surface area (Å²) in [6, 6.07) is 0. The summed E-state index contributed by atoms with van der Waals surface area (Å²) in [6.07, 6.45) is 4.17. The SMILES string of the molecule is ClC1CC=C(Br)C1. The van der Waals surface area contributed by atoms with Gasteiger partial charge in [0.2, 0.25) is 0 Å². The van der Waals surface area contributed by atoms with Gasteiger partial charge in [-0.15, -0.1) is 11.6 Å². The average Bonchev–Trinajstić information content (AvgIpc) is 1.87. The van der Waals surface area contributed by atoms with Crippen molar-refractivity contribution in [3.63, 3.8) is 0 Å². The molecule has 1 atom stereocenters. The third kappa shape index (κ3) is 1.46. The van der Waals surface area contributed by atoms with Crippen LogP contribution < -0.4 is 0 Å². The molecule has 0 saturated carbocycles. The van der Waals surface area contributed by atoms with E-state index in [2.05, 4.69) is 22.0 Å². The summed E-state index contributed by atoms with van der Waals surface area (Å²) in [6.45, 7) is 0. The molecular weight excluding hydrogens is 175 g/mol. The Kier molecular flexibility index (Phi) is 1.76. The summed E-state index contributed by atoms with van der Waals surface area (Å²) in [7, 11) is 0. The topological polar surface area (TPSA) is 0 Å².